The zero-order chi connectivity index (χ0) is 9.52. The van der Waals surface area contributed by atoms with Crippen LogP contribution < -0.4 is 5.32 Å². The van der Waals surface area contributed by atoms with Gasteiger partial charge in [0.2, 0.25) is 0 Å². The molecule has 1 aliphatic heterocycles. The van der Waals surface area contributed by atoms with Gasteiger partial charge in [-0.05, 0) is 32.7 Å². The molecule has 13 heavy (non-hydrogen) atoms. The van der Waals surface area contributed by atoms with Crippen LogP contribution in [0.1, 0.15) is 32.6 Å². The van der Waals surface area contributed by atoms with Crippen molar-refractivity contribution in [2.75, 3.05) is 19.8 Å². The lowest BCUT2D eigenvalue weighted by Crippen LogP contribution is -2.37. The van der Waals surface area contributed by atoms with Gasteiger partial charge in [-0.3, -0.25) is 0 Å². The van der Waals surface area contributed by atoms with E-state index in [1.807, 2.05) is 6.92 Å². The van der Waals surface area contributed by atoms with Crippen LogP contribution >= 0.6 is 0 Å². The van der Waals surface area contributed by atoms with Crippen LogP contribution in [0.3, 0.4) is 0 Å². The lowest BCUT2D eigenvalue weighted by Gasteiger charge is -2.23. The quantitative estimate of drug-likeness (QED) is 0.520. The summed E-state index contributed by atoms with van der Waals surface area (Å²) >= 11 is 0. The number of hydrogen-bond acceptors (Lipinski definition) is 2. The molecule has 0 aliphatic carbocycles. The maximum Gasteiger partial charge on any atom is 0.0619 e. The Labute approximate surface area is 81.4 Å². The van der Waals surface area contributed by atoms with Gasteiger partial charge in [0.15, 0.2) is 0 Å². The van der Waals surface area contributed by atoms with Crippen LogP contribution in [0.5, 0.6) is 0 Å². The molecule has 2 heteroatoms. The van der Waals surface area contributed by atoms with E-state index in [-0.39, 0.29) is 0 Å². The predicted octanol–water partition coefficient (Wildman–Crippen LogP) is 2.11. The van der Waals surface area contributed by atoms with Gasteiger partial charge < -0.3 is 10.1 Å². The van der Waals surface area contributed by atoms with E-state index < -0.39 is 0 Å². The summed E-state index contributed by atoms with van der Waals surface area (Å²) in [6, 6.07) is 0.596. The minimum Gasteiger partial charge on any atom is -0.380 e. The van der Waals surface area contributed by atoms with E-state index in [1.165, 1.54) is 24.8 Å². The summed E-state index contributed by atoms with van der Waals surface area (Å²) in [7, 11) is 0. The highest BCUT2D eigenvalue weighted by Crippen LogP contribution is 2.07. The van der Waals surface area contributed by atoms with Gasteiger partial charge in [-0.2, -0.15) is 0 Å². The summed E-state index contributed by atoms with van der Waals surface area (Å²) in [4.78, 5) is 0. The highest BCUT2D eigenvalue weighted by atomic mass is 16.5. The Bertz CT molecular complexity index is 150. The van der Waals surface area contributed by atoms with E-state index in [9.17, 15) is 0 Å². The van der Waals surface area contributed by atoms with E-state index in [0.29, 0.717) is 6.04 Å². The van der Waals surface area contributed by atoms with Gasteiger partial charge >= 0.3 is 0 Å². The molecule has 1 rings (SSSR count). The van der Waals surface area contributed by atoms with E-state index in [2.05, 4.69) is 11.9 Å². The minimum absolute atomic E-state index is 0.596. The van der Waals surface area contributed by atoms with E-state index >= 15 is 0 Å². The second kappa shape index (κ2) is 6.17. The molecule has 0 radical (unpaired) electrons. The highest BCUT2D eigenvalue weighted by Gasteiger charge is 2.11. The first-order valence-electron chi connectivity index (χ1n) is 5.24. The van der Waals surface area contributed by atoms with Gasteiger partial charge in [0.05, 0.1) is 13.2 Å². The van der Waals surface area contributed by atoms with Crippen molar-refractivity contribution in [1.82, 2.24) is 5.32 Å². The van der Waals surface area contributed by atoms with Gasteiger partial charge in [-0.25, -0.2) is 0 Å². The molecular weight excluding hydrogens is 162 g/mol. The van der Waals surface area contributed by atoms with Crippen LogP contribution in [-0.2, 0) is 4.74 Å². The molecule has 0 spiro atoms. The van der Waals surface area contributed by atoms with Gasteiger partial charge in [-0.1, -0.05) is 12.0 Å². The van der Waals surface area contributed by atoms with E-state index in [1.54, 1.807) is 0 Å². The Balaban J connectivity index is 1.95. The normalized spacial score (nSPS) is 23.0. The second-order valence-corrected chi connectivity index (χ2v) is 3.93. The Morgan fingerprint density at radius 3 is 3.00 bits per heavy atom. The van der Waals surface area contributed by atoms with Crippen LogP contribution in [0.15, 0.2) is 12.2 Å². The second-order valence-electron chi connectivity index (χ2n) is 3.93. The smallest absolute Gasteiger partial charge is 0.0619 e. The maximum atomic E-state index is 5.56. The molecule has 1 aliphatic rings. The van der Waals surface area contributed by atoms with Gasteiger partial charge in [0.25, 0.3) is 0 Å². The van der Waals surface area contributed by atoms with Crippen molar-refractivity contribution in [2.24, 2.45) is 0 Å². The first-order chi connectivity index (χ1) is 6.29. The highest BCUT2D eigenvalue weighted by molar-refractivity contribution is 4.87. The fraction of sp³-hybridized carbons (Fsp3) is 0.818. The summed E-state index contributed by atoms with van der Waals surface area (Å²) < 4.78 is 5.56. The largest absolute Gasteiger partial charge is 0.380 e. The first kappa shape index (κ1) is 10.7. The van der Waals surface area contributed by atoms with Crippen molar-refractivity contribution in [1.29, 1.82) is 0 Å². The first-order valence-corrected chi connectivity index (χ1v) is 5.24. The summed E-state index contributed by atoms with van der Waals surface area (Å²) in [5, 5.41) is 3.46. The van der Waals surface area contributed by atoms with Gasteiger partial charge in [0, 0.05) is 6.04 Å². The molecule has 0 saturated carbocycles. The molecule has 76 valence electrons. The fourth-order valence-corrected chi connectivity index (χ4v) is 1.54. The zero-order valence-corrected chi connectivity index (χ0v) is 8.64. The molecule has 0 aromatic heterocycles. The van der Waals surface area contributed by atoms with Crippen LogP contribution in [0.4, 0.5) is 0 Å². The third kappa shape index (κ3) is 5.06. The summed E-state index contributed by atoms with van der Waals surface area (Å²) in [5.74, 6) is 0. The Hall–Kier alpha value is -0.340. The SMILES string of the molecule is C=C(C)CCOCC1CCCCN1. The lowest BCUT2D eigenvalue weighted by molar-refractivity contribution is 0.105. The summed E-state index contributed by atoms with van der Waals surface area (Å²) in [6.45, 7) is 8.74. The van der Waals surface area contributed by atoms with Crippen LogP contribution in [0.2, 0.25) is 0 Å². The molecule has 0 bridgehead atoms. The van der Waals surface area contributed by atoms with Crippen molar-refractivity contribution >= 4 is 0 Å². The molecule has 1 N–H and O–H groups in total. The standard InChI is InChI=1S/C11H21NO/c1-10(2)6-8-13-9-11-5-3-4-7-12-11/h11-12H,1,3-9H2,2H3. The molecule has 1 fully saturated rings. The number of nitrogens with one attached hydrogen (secondary N) is 1. The third-order valence-corrected chi connectivity index (χ3v) is 2.40. The average molecular weight is 183 g/mol. The molecule has 0 aromatic rings. The number of ether oxygens (including phenoxy) is 1. The molecular formula is C11H21NO. The van der Waals surface area contributed by atoms with E-state index in [0.717, 1.165) is 26.2 Å². The van der Waals surface area contributed by atoms with Crippen molar-refractivity contribution in [2.45, 2.75) is 38.6 Å². The average Bonchev–Trinajstić information content (AvgIpc) is 2.14. The van der Waals surface area contributed by atoms with Crippen molar-refractivity contribution < 1.29 is 4.74 Å². The summed E-state index contributed by atoms with van der Waals surface area (Å²) in [5.41, 5.74) is 1.21. The summed E-state index contributed by atoms with van der Waals surface area (Å²) in [6.07, 6.45) is 4.93. The van der Waals surface area contributed by atoms with Crippen molar-refractivity contribution in [3.8, 4) is 0 Å². The van der Waals surface area contributed by atoms with Crippen LogP contribution in [0, 0.1) is 0 Å². The van der Waals surface area contributed by atoms with Crippen LogP contribution in [-0.4, -0.2) is 25.8 Å². The Kier molecular flexibility index (Phi) is 5.09. The fourth-order valence-electron chi connectivity index (χ4n) is 1.54. The number of hydrogen-bond donors (Lipinski definition) is 1. The molecule has 1 unspecified atom stereocenters. The number of piperidine rings is 1. The molecule has 0 amide bonds. The third-order valence-electron chi connectivity index (χ3n) is 2.40. The lowest BCUT2D eigenvalue weighted by atomic mass is 10.1. The molecule has 0 aromatic carbocycles. The van der Waals surface area contributed by atoms with Crippen molar-refractivity contribution in [3.63, 3.8) is 0 Å². The van der Waals surface area contributed by atoms with Crippen LogP contribution in [0.25, 0.3) is 0 Å². The number of rotatable bonds is 5. The molecule has 1 heterocycles. The van der Waals surface area contributed by atoms with Crippen molar-refractivity contribution in [3.05, 3.63) is 12.2 Å². The Morgan fingerprint density at radius 2 is 2.38 bits per heavy atom. The zero-order valence-electron chi connectivity index (χ0n) is 8.64. The van der Waals surface area contributed by atoms with E-state index in [4.69, 9.17) is 4.74 Å². The maximum absolute atomic E-state index is 5.56. The molecule has 2 nitrogen and oxygen atoms in total. The topological polar surface area (TPSA) is 21.3 Å². The Morgan fingerprint density at radius 1 is 1.54 bits per heavy atom. The monoisotopic (exact) mass is 183 g/mol. The van der Waals surface area contributed by atoms with Gasteiger partial charge in [0.1, 0.15) is 0 Å². The molecule has 1 atom stereocenters. The molecule has 1 saturated heterocycles. The van der Waals surface area contributed by atoms with Gasteiger partial charge in [-0.15, -0.1) is 6.58 Å². The minimum atomic E-state index is 0.596. The predicted molar refractivity (Wildman–Crippen MR) is 55.9 cm³/mol.